The van der Waals surface area contributed by atoms with Crippen molar-refractivity contribution in [2.45, 2.75) is 63.9 Å². The van der Waals surface area contributed by atoms with Crippen LogP contribution in [0.2, 0.25) is 0 Å². The van der Waals surface area contributed by atoms with Gasteiger partial charge in [-0.1, -0.05) is 0 Å². The van der Waals surface area contributed by atoms with Crippen molar-refractivity contribution in [3.05, 3.63) is 48.5 Å². The average Bonchev–Trinajstić information content (AvgIpc) is 3.58. The Morgan fingerprint density at radius 1 is 0.811 bits per heavy atom. The van der Waals surface area contributed by atoms with Gasteiger partial charge in [0.15, 0.2) is 7.14 Å². The van der Waals surface area contributed by atoms with Crippen LogP contribution >= 0.6 is 7.14 Å². The average molecular weight is 529 g/mol. The molecule has 2 amide bonds. The molecule has 0 spiro atoms. The minimum absolute atomic E-state index is 0.159. The second-order valence-corrected chi connectivity index (χ2v) is 13.5. The maximum atomic E-state index is 15.2. The van der Waals surface area contributed by atoms with E-state index in [9.17, 15) is 9.59 Å². The first kappa shape index (κ1) is 27.1. The molecule has 2 atom stereocenters. The highest BCUT2D eigenvalue weighted by Crippen LogP contribution is 2.54. The number of nitrogens with zero attached hydrogens (tertiary/aromatic N) is 2. The molecule has 2 aliphatic heterocycles. The van der Waals surface area contributed by atoms with Gasteiger partial charge in [-0.25, -0.2) is 4.79 Å². The summed E-state index contributed by atoms with van der Waals surface area (Å²) in [5, 5.41) is 1.33. The number of hydrogen-bond acceptors (Lipinski definition) is 6. The molecule has 2 heterocycles. The first-order valence-corrected chi connectivity index (χ1v) is 14.5. The van der Waals surface area contributed by atoms with Crippen molar-refractivity contribution in [2.24, 2.45) is 0 Å². The van der Waals surface area contributed by atoms with E-state index >= 15 is 4.57 Å². The zero-order valence-electron chi connectivity index (χ0n) is 22.3. The molecule has 2 aromatic rings. The molecule has 2 fully saturated rings. The van der Waals surface area contributed by atoms with E-state index < -0.39 is 30.7 Å². The number of likely N-dealkylation sites (tertiary alicyclic amines) is 2. The summed E-state index contributed by atoms with van der Waals surface area (Å²) in [5.41, 5.74) is -0.651. The van der Waals surface area contributed by atoms with Gasteiger partial charge in [0, 0.05) is 23.7 Å². The van der Waals surface area contributed by atoms with E-state index in [0.717, 1.165) is 12.8 Å². The van der Waals surface area contributed by atoms with Gasteiger partial charge >= 0.3 is 6.09 Å². The van der Waals surface area contributed by atoms with E-state index in [1.54, 1.807) is 43.4 Å². The maximum Gasteiger partial charge on any atom is 0.410 e. The van der Waals surface area contributed by atoms with Crippen LogP contribution in [-0.2, 0) is 14.1 Å². The lowest BCUT2D eigenvalue weighted by molar-refractivity contribution is -0.135. The maximum absolute atomic E-state index is 15.2. The molecule has 2 saturated heterocycles. The zero-order valence-corrected chi connectivity index (χ0v) is 23.2. The summed E-state index contributed by atoms with van der Waals surface area (Å²) in [7, 11) is -0.119. The van der Waals surface area contributed by atoms with Gasteiger partial charge in [0.05, 0.1) is 20.0 Å². The van der Waals surface area contributed by atoms with Gasteiger partial charge in [0.1, 0.15) is 23.1 Å². The van der Waals surface area contributed by atoms with Crippen LogP contribution in [0.4, 0.5) is 4.79 Å². The Kier molecular flexibility index (Phi) is 7.88. The lowest BCUT2D eigenvalue weighted by atomic mass is 10.2. The summed E-state index contributed by atoms with van der Waals surface area (Å²) in [4.78, 5) is 30.1. The molecule has 0 saturated carbocycles. The van der Waals surface area contributed by atoms with Gasteiger partial charge in [-0.15, -0.1) is 0 Å². The monoisotopic (exact) mass is 528 g/mol. The normalized spacial score (nSPS) is 20.1. The summed E-state index contributed by atoms with van der Waals surface area (Å²) < 4.78 is 31.4. The van der Waals surface area contributed by atoms with Gasteiger partial charge in [-0.05, 0) is 95.0 Å². The minimum atomic E-state index is -3.30. The van der Waals surface area contributed by atoms with E-state index in [1.807, 2.05) is 45.0 Å². The summed E-state index contributed by atoms with van der Waals surface area (Å²) in [6.07, 6.45) is 2.17. The lowest BCUT2D eigenvalue weighted by Crippen LogP contribution is -2.51. The molecule has 0 bridgehead atoms. The van der Waals surface area contributed by atoms with Crippen LogP contribution in [0.5, 0.6) is 11.5 Å². The van der Waals surface area contributed by atoms with E-state index in [2.05, 4.69) is 0 Å². The van der Waals surface area contributed by atoms with Crippen LogP contribution in [-0.4, -0.2) is 66.5 Å². The van der Waals surface area contributed by atoms with Crippen LogP contribution in [0.1, 0.15) is 46.5 Å². The number of ether oxygens (including phenoxy) is 3. The minimum Gasteiger partial charge on any atom is -0.497 e. The number of methoxy groups -OCH3 is 2. The van der Waals surface area contributed by atoms with Crippen molar-refractivity contribution in [2.75, 3.05) is 27.3 Å². The fourth-order valence-electron chi connectivity index (χ4n) is 5.24. The number of hydrogen-bond donors (Lipinski definition) is 0. The molecular weight excluding hydrogens is 491 g/mol. The van der Waals surface area contributed by atoms with Gasteiger partial charge < -0.3 is 23.7 Å². The van der Waals surface area contributed by atoms with Gasteiger partial charge in [-0.3, -0.25) is 9.69 Å². The number of benzene rings is 2. The smallest absolute Gasteiger partial charge is 0.410 e. The van der Waals surface area contributed by atoms with Crippen LogP contribution in [0.25, 0.3) is 0 Å². The van der Waals surface area contributed by atoms with Crippen molar-refractivity contribution in [3.63, 3.8) is 0 Å². The Morgan fingerprint density at radius 2 is 1.30 bits per heavy atom. The van der Waals surface area contributed by atoms with Gasteiger partial charge in [0.25, 0.3) is 0 Å². The van der Waals surface area contributed by atoms with E-state index in [0.29, 0.717) is 48.0 Å². The molecule has 200 valence electrons. The summed E-state index contributed by atoms with van der Waals surface area (Å²) >= 11 is 0. The quantitative estimate of drug-likeness (QED) is 0.518. The first-order valence-electron chi connectivity index (χ1n) is 12.8. The summed E-state index contributed by atoms with van der Waals surface area (Å²) in [6.45, 7) is 6.41. The molecule has 0 aromatic heterocycles. The van der Waals surface area contributed by atoms with Crippen molar-refractivity contribution in [1.29, 1.82) is 0 Å². The Morgan fingerprint density at radius 3 is 1.78 bits per heavy atom. The molecule has 2 aliphatic rings. The largest absolute Gasteiger partial charge is 0.497 e. The van der Waals surface area contributed by atoms with Crippen LogP contribution in [0.15, 0.2) is 48.5 Å². The molecule has 0 radical (unpaired) electrons. The third-order valence-corrected chi connectivity index (χ3v) is 10.5. The molecule has 0 aliphatic carbocycles. The Labute approximate surface area is 219 Å². The standard InChI is InChI=1S/C28H37N2O6P/c1-28(2,3)36-27(32)29-18-6-8-24(29)26(31)30-19-7-9-25(30)37(33,22-14-10-20(34-4)11-15-22)23-16-12-21(35-5)13-17-23/h10-17,24-25H,6-9,18-19H2,1-5H3/t24-,25?/m0/s1. The number of amides is 2. The molecule has 2 aromatic carbocycles. The third kappa shape index (κ3) is 5.49. The summed E-state index contributed by atoms with van der Waals surface area (Å²) in [6, 6.07) is 13.9. The molecule has 9 heteroatoms. The third-order valence-electron chi connectivity index (χ3n) is 7.00. The molecule has 1 unspecified atom stereocenters. The van der Waals surface area contributed by atoms with Crippen molar-refractivity contribution < 1.29 is 28.4 Å². The molecule has 0 N–H and O–H groups in total. The second kappa shape index (κ2) is 10.8. The van der Waals surface area contributed by atoms with Gasteiger partial charge in [-0.2, -0.15) is 0 Å². The highest BCUT2D eigenvalue weighted by atomic mass is 31.2. The highest BCUT2D eigenvalue weighted by molar-refractivity contribution is 7.79. The van der Waals surface area contributed by atoms with E-state index in [4.69, 9.17) is 14.2 Å². The number of carbonyl (C=O) groups is 2. The lowest BCUT2D eigenvalue weighted by Gasteiger charge is -2.36. The van der Waals surface area contributed by atoms with Gasteiger partial charge in [0.2, 0.25) is 5.91 Å². The predicted molar refractivity (Wildman–Crippen MR) is 144 cm³/mol. The fourth-order valence-corrected chi connectivity index (χ4v) is 8.58. The second-order valence-electron chi connectivity index (χ2n) is 10.5. The highest BCUT2D eigenvalue weighted by Gasteiger charge is 2.48. The Balaban J connectivity index is 1.70. The van der Waals surface area contributed by atoms with E-state index in [-0.39, 0.29) is 5.91 Å². The Bertz CT molecular complexity index is 1110. The topological polar surface area (TPSA) is 85.4 Å². The SMILES string of the molecule is COc1ccc(P(=O)(c2ccc(OC)cc2)C2CCCN2C(=O)[C@@H]2CCCN2C(=O)OC(C)(C)C)cc1. The number of rotatable bonds is 6. The fraction of sp³-hybridized carbons (Fsp3) is 0.500. The van der Waals surface area contributed by atoms with Crippen LogP contribution < -0.4 is 20.1 Å². The van der Waals surface area contributed by atoms with Crippen LogP contribution in [0, 0.1) is 0 Å². The molecule has 37 heavy (non-hydrogen) atoms. The Hall–Kier alpha value is -2.99. The summed E-state index contributed by atoms with van der Waals surface area (Å²) in [5.74, 6) is 0.669. The predicted octanol–water partition coefficient (Wildman–Crippen LogP) is 4.37. The van der Waals surface area contributed by atoms with Crippen molar-refractivity contribution >= 4 is 29.8 Å². The molecule has 4 rings (SSSR count). The first-order chi connectivity index (χ1) is 17.6. The van der Waals surface area contributed by atoms with Crippen molar-refractivity contribution in [1.82, 2.24) is 9.80 Å². The number of carbonyl (C=O) groups excluding carboxylic acids is 2. The molecular formula is C28H37N2O6P. The van der Waals surface area contributed by atoms with E-state index in [1.165, 1.54) is 4.90 Å². The molecule has 8 nitrogen and oxygen atoms in total. The zero-order chi connectivity index (χ0) is 26.8. The van der Waals surface area contributed by atoms with Crippen molar-refractivity contribution in [3.8, 4) is 11.5 Å². The van der Waals surface area contributed by atoms with Crippen LogP contribution in [0.3, 0.4) is 0 Å².